The molecule has 1 aliphatic heterocycles. The minimum atomic E-state index is 0.0595. The molecule has 0 saturated carbocycles. The van der Waals surface area contributed by atoms with Gasteiger partial charge in [0.2, 0.25) is 0 Å². The number of hydrogen-bond donors (Lipinski definition) is 0. The van der Waals surface area contributed by atoms with E-state index in [0.717, 1.165) is 54.4 Å². The SMILES string of the molecule is CN(CCCc1nc2ccccc2o1)C[C@H]1COc2ccccc2O1. The third kappa shape index (κ3) is 3.77. The van der Waals surface area contributed by atoms with Crippen molar-refractivity contribution in [2.45, 2.75) is 18.9 Å². The Hall–Kier alpha value is -2.53. The van der Waals surface area contributed by atoms with Crippen LogP contribution in [-0.2, 0) is 6.42 Å². The highest BCUT2D eigenvalue weighted by Crippen LogP contribution is 2.30. The number of fused-ring (bicyclic) bond motifs is 2. The summed E-state index contributed by atoms with van der Waals surface area (Å²) in [5, 5.41) is 0. The summed E-state index contributed by atoms with van der Waals surface area (Å²) in [6.45, 7) is 2.38. The van der Waals surface area contributed by atoms with Crippen LogP contribution in [0.1, 0.15) is 12.3 Å². The van der Waals surface area contributed by atoms with Gasteiger partial charge in [-0.2, -0.15) is 0 Å². The second kappa shape index (κ2) is 7.15. The lowest BCUT2D eigenvalue weighted by Crippen LogP contribution is -2.39. The largest absolute Gasteiger partial charge is 0.486 e. The van der Waals surface area contributed by atoms with Gasteiger partial charge in [0.05, 0.1) is 0 Å². The van der Waals surface area contributed by atoms with Crippen molar-refractivity contribution in [3.05, 3.63) is 54.4 Å². The Morgan fingerprint density at radius 1 is 1.08 bits per heavy atom. The molecule has 5 heteroatoms. The van der Waals surface area contributed by atoms with Crippen molar-refractivity contribution >= 4 is 11.1 Å². The first-order chi connectivity index (χ1) is 12.3. The Kier molecular flexibility index (Phi) is 4.57. The molecular formula is C20H22N2O3. The lowest BCUT2D eigenvalue weighted by Gasteiger charge is -2.29. The fraction of sp³-hybridized carbons (Fsp3) is 0.350. The average molecular weight is 338 g/mol. The molecule has 4 rings (SSSR count). The zero-order valence-electron chi connectivity index (χ0n) is 14.4. The fourth-order valence-electron chi connectivity index (χ4n) is 3.12. The number of rotatable bonds is 6. The van der Waals surface area contributed by atoms with E-state index in [2.05, 4.69) is 16.9 Å². The number of para-hydroxylation sites is 4. The van der Waals surface area contributed by atoms with Gasteiger partial charge in [0, 0.05) is 13.0 Å². The van der Waals surface area contributed by atoms with Crippen LogP contribution in [-0.4, -0.2) is 42.7 Å². The fourth-order valence-corrected chi connectivity index (χ4v) is 3.12. The van der Waals surface area contributed by atoms with Crippen LogP contribution in [0.5, 0.6) is 11.5 Å². The van der Waals surface area contributed by atoms with Crippen molar-refractivity contribution in [1.82, 2.24) is 9.88 Å². The number of nitrogens with zero attached hydrogens (tertiary/aromatic N) is 2. The smallest absolute Gasteiger partial charge is 0.195 e. The van der Waals surface area contributed by atoms with Crippen molar-refractivity contribution < 1.29 is 13.9 Å². The summed E-state index contributed by atoms with van der Waals surface area (Å²) in [6, 6.07) is 15.7. The Bertz CT molecular complexity index is 813. The van der Waals surface area contributed by atoms with Crippen LogP contribution in [0.25, 0.3) is 11.1 Å². The highest BCUT2D eigenvalue weighted by atomic mass is 16.6. The van der Waals surface area contributed by atoms with Crippen LogP contribution < -0.4 is 9.47 Å². The molecule has 0 fully saturated rings. The maximum atomic E-state index is 6.01. The maximum absolute atomic E-state index is 6.01. The van der Waals surface area contributed by atoms with Gasteiger partial charge in [0.15, 0.2) is 23.0 Å². The molecule has 0 amide bonds. The van der Waals surface area contributed by atoms with Crippen LogP contribution in [0.4, 0.5) is 0 Å². The molecule has 0 radical (unpaired) electrons. The van der Waals surface area contributed by atoms with E-state index in [1.807, 2.05) is 48.5 Å². The molecule has 1 aliphatic rings. The topological polar surface area (TPSA) is 47.7 Å². The third-order valence-electron chi connectivity index (χ3n) is 4.35. The predicted octanol–water partition coefficient (Wildman–Crippen LogP) is 3.53. The number of aryl methyl sites for hydroxylation is 1. The molecule has 5 nitrogen and oxygen atoms in total. The van der Waals surface area contributed by atoms with E-state index in [9.17, 15) is 0 Å². The standard InChI is InChI=1S/C20H22N2O3/c1-22(13-15-14-23-18-9-4-5-10-19(18)24-15)12-6-11-20-21-16-7-2-3-8-17(16)25-20/h2-5,7-10,15H,6,11-14H2,1H3/t15-/m0/s1. The molecule has 1 aromatic heterocycles. The summed E-state index contributed by atoms with van der Waals surface area (Å²) >= 11 is 0. The van der Waals surface area contributed by atoms with Crippen LogP contribution in [0.2, 0.25) is 0 Å². The van der Waals surface area contributed by atoms with E-state index in [0.29, 0.717) is 6.61 Å². The van der Waals surface area contributed by atoms with Gasteiger partial charge in [-0.1, -0.05) is 24.3 Å². The summed E-state index contributed by atoms with van der Waals surface area (Å²) in [7, 11) is 2.11. The molecule has 25 heavy (non-hydrogen) atoms. The van der Waals surface area contributed by atoms with Crippen molar-refractivity contribution in [2.24, 2.45) is 0 Å². The lowest BCUT2D eigenvalue weighted by molar-refractivity contribution is 0.0652. The van der Waals surface area contributed by atoms with Gasteiger partial charge in [-0.15, -0.1) is 0 Å². The molecule has 0 saturated heterocycles. The van der Waals surface area contributed by atoms with Crippen LogP contribution in [0.3, 0.4) is 0 Å². The van der Waals surface area contributed by atoms with E-state index in [4.69, 9.17) is 13.9 Å². The van der Waals surface area contributed by atoms with Gasteiger partial charge in [-0.25, -0.2) is 4.98 Å². The summed E-state index contributed by atoms with van der Waals surface area (Å²) in [5.74, 6) is 2.47. The molecule has 0 unspecified atom stereocenters. The van der Waals surface area contributed by atoms with E-state index >= 15 is 0 Å². The van der Waals surface area contributed by atoms with E-state index in [1.165, 1.54) is 0 Å². The first kappa shape index (κ1) is 16.0. The number of benzene rings is 2. The number of hydrogen-bond acceptors (Lipinski definition) is 5. The molecule has 0 aliphatic carbocycles. The van der Waals surface area contributed by atoms with Crippen LogP contribution in [0, 0.1) is 0 Å². The minimum absolute atomic E-state index is 0.0595. The van der Waals surface area contributed by atoms with Gasteiger partial charge in [-0.05, 0) is 44.3 Å². The van der Waals surface area contributed by atoms with Crippen LogP contribution >= 0.6 is 0 Å². The highest BCUT2D eigenvalue weighted by molar-refractivity contribution is 5.72. The summed E-state index contributed by atoms with van der Waals surface area (Å²) in [4.78, 5) is 6.79. The Balaban J connectivity index is 1.25. The summed E-state index contributed by atoms with van der Waals surface area (Å²) in [5.41, 5.74) is 1.79. The zero-order valence-corrected chi connectivity index (χ0v) is 14.4. The molecule has 3 aromatic rings. The molecule has 1 atom stereocenters. The normalized spacial score (nSPS) is 16.5. The average Bonchev–Trinajstić information content (AvgIpc) is 3.04. The molecule has 0 bridgehead atoms. The quantitative estimate of drug-likeness (QED) is 0.688. The number of oxazole rings is 1. The number of aromatic nitrogens is 1. The maximum Gasteiger partial charge on any atom is 0.195 e. The van der Waals surface area contributed by atoms with Gasteiger partial charge in [0.1, 0.15) is 18.2 Å². The molecule has 2 aromatic carbocycles. The zero-order chi connectivity index (χ0) is 17.1. The first-order valence-electron chi connectivity index (χ1n) is 8.69. The highest BCUT2D eigenvalue weighted by Gasteiger charge is 2.21. The molecule has 2 heterocycles. The first-order valence-corrected chi connectivity index (χ1v) is 8.69. The van der Waals surface area contributed by atoms with Crippen molar-refractivity contribution in [3.63, 3.8) is 0 Å². The van der Waals surface area contributed by atoms with E-state index < -0.39 is 0 Å². The second-order valence-corrected chi connectivity index (χ2v) is 6.44. The molecule has 0 spiro atoms. The Labute approximate surface area is 147 Å². The monoisotopic (exact) mass is 338 g/mol. The molecular weight excluding hydrogens is 316 g/mol. The number of likely N-dealkylation sites (N-methyl/N-ethyl adjacent to an activating group) is 1. The van der Waals surface area contributed by atoms with E-state index in [1.54, 1.807) is 0 Å². The molecule has 0 N–H and O–H groups in total. The number of ether oxygens (including phenoxy) is 2. The lowest BCUT2D eigenvalue weighted by atomic mass is 10.2. The van der Waals surface area contributed by atoms with Gasteiger partial charge >= 0.3 is 0 Å². The summed E-state index contributed by atoms with van der Waals surface area (Å²) in [6.07, 6.45) is 1.89. The predicted molar refractivity (Wildman–Crippen MR) is 96.2 cm³/mol. The minimum Gasteiger partial charge on any atom is -0.486 e. The second-order valence-electron chi connectivity index (χ2n) is 6.44. The Morgan fingerprint density at radius 2 is 1.88 bits per heavy atom. The van der Waals surface area contributed by atoms with Crippen molar-refractivity contribution in [2.75, 3.05) is 26.7 Å². The van der Waals surface area contributed by atoms with Crippen molar-refractivity contribution in [1.29, 1.82) is 0 Å². The summed E-state index contributed by atoms with van der Waals surface area (Å²) < 4.78 is 17.5. The van der Waals surface area contributed by atoms with Gasteiger partial charge < -0.3 is 18.8 Å². The van der Waals surface area contributed by atoms with E-state index in [-0.39, 0.29) is 6.10 Å². The third-order valence-corrected chi connectivity index (χ3v) is 4.35. The Morgan fingerprint density at radius 3 is 2.76 bits per heavy atom. The van der Waals surface area contributed by atoms with Gasteiger partial charge in [0.25, 0.3) is 0 Å². The van der Waals surface area contributed by atoms with Crippen molar-refractivity contribution in [3.8, 4) is 11.5 Å². The van der Waals surface area contributed by atoms with Crippen LogP contribution in [0.15, 0.2) is 52.9 Å². The van der Waals surface area contributed by atoms with Gasteiger partial charge in [-0.3, -0.25) is 0 Å². The molecule has 130 valence electrons.